The maximum Gasteiger partial charge on any atom is 0.251 e. The van der Waals surface area contributed by atoms with Gasteiger partial charge >= 0.3 is 0 Å². The normalized spacial score (nSPS) is 11.0. The molecule has 0 unspecified atom stereocenters. The first-order valence-corrected chi connectivity index (χ1v) is 11.5. The Balaban J connectivity index is 1.46. The van der Waals surface area contributed by atoms with Gasteiger partial charge in [0.2, 0.25) is 0 Å². The molecule has 0 atom stereocenters. The lowest BCUT2D eigenvalue weighted by Crippen LogP contribution is -2.24. The number of carbonyl (C=O) groups is 1. The van der Waals surface area contributed by atoms with Crippen molar-refractivity contribution in [1.29, 1.82) is 0 Å². The van der Waals surface area contributed by atoms with Crippen molar-refractivity contribution in [3.63, 3.8) is 0 Å². The third-order valence-corrected chi connectivity index (χ3v) is 5.81. The Bertz CT molecular complexity index is 1490. The monoisotopic (exact) mass is 485 g/mol. The summed E-state index contributed by atoms with van der Waals surface area (Å²) < 4.78 is 13.5. The van der Waals surface area contributed by atoms with Gasteiger partial charge in [0.15, 0.2) is 0 Å². The summed E-state index contributed by atoms with van der Waals surface area (Å²) in [5.74, 6) is 0.386. The van der Waals surface area contributed by atoms with Crippen molar-refractivity contribution in [3.05, 3.63) is 101 Å². The number of fused-ring (bicyclic) bond motifs is 1. The molecule has 0 aliphatic heterocycles. The Morgan fingerprint density at radius 2 is 1.74 bits per heavy atom. The van der Waals surface area contributed by atoms with E-state index in [0.717, 1.165) is 29.8 Å². The first kappa shape index (κ1) is 22.7. The topological polar surface area (TPSA) is 83.6 Å². The van der Waals surface area contributed by atoms with Gasteiger partial charge in [-0.1, -0.05) is 23.7 Å². The van der Waals surface area contributed by atoms with Crippen LogP contribution in [0.4, 0.5) is 4.39 Å². The Morgan fingerprint density at radius 3 is 2.51 bits per heavy atom. The van der Waals surface area contributed by atoms with Crippen LogP contribution < -0.4 is 5.32 Å². The standard InChI is InChI=1S/C27H21ClFN5O/c28-20-4-1-3-18(15-20)26-25(17-6-9-21(29)10-7-17)33-22-11-8-19(16-23(22)34-26)27(35)32-12-2-5-24-30-13-14-31-24/h1,3-4,6-11,13-16H,2,5,12H2,(H,30,31)(H,32,35). The molecule has 2 N–H and O–H groups in total. The molecular weight excluding hydrogens is 465 g/mol. The second kappa shape index (κ2) is 10.0. The van der Waals surface area contributed by atoms with Crippen molar-refractivity contribution in [1.82, 2.24) is 25.3 Å². The minimum absolute atomic E-state index is 0.180. The van der Waals surface area contributed by atoms with E-state index in [4.69, 9.17) is 21.6 Å². The molecule has 8 heteroatoms. The summed E-state index contributed by atoms with van der Waals surface area (Å²) in [5.41, 5.74) is 4.42. The van der Waals surface area contributed by atoms with Gasteiger partial charge in [0.05, 0.1) is 22.4 Å². The van der Waals surface area contributed by atoms with Crippen LogP contribution in [0.2, 0.25) is 5.02 Å². The number of benzene rings is 3. The molecule has 174 valence electrons. The predicted octanol–water partition coefficient (Wildman–Crippen LogP) is 5.84. The number of aryl methyl sites for hydroxylation is 1. The van der Waals surface area contributed by atoms with E-state index < -0.39 is 0 Å². The number of amides is 1. The minimum Gasteiger partial charge on any atom is -0.352 e. The molecule has 6 nitrogen and oxygen atoms in total. The Labute approximate surface area is 206 Å². The van der Waals surface area contributed by atoms with Gasteiger partial charge in [-0.3, -0.25) is 4.79 Å². The molecule has 0 aliphatic carbocycles. The number of imidazole rings is 1. The molecule has 0 fully saturated rings. The van der Waals surface area contributed by atoms with E-state index in [1.54, 1.807) is 54.9 Å². The Kier molecular flexibility index (Phi) is 6.50. The summed E-state index contributed by atoms with van der Waals surface area (Å²) in [6.07, 6.45) is 5.02. The minimum atomic E-state index is -0.327. The van der Waals surface area contributed by atoms with Gasteiger partial charge in [0.25, 0.3) is 5.91 Å². The molecule has 5 aromatic rings. The lowest BCUT2D eigenvalue weighted by molar-refractivity contribution is 0.0953. The number of aromatic nitrogens is 4. The van der Waals surface area contributed by atoms with E-state index in [0.29, 0.717) is 39.6 Å². The van der Waals surface area contributed by atoms with Crippen molar-refractivity contribution in [2.75, 3.05) is 6.54 Å². The number of hydrogen-bond donors (Lipinski definition) is 2. The highest BCUT2D eigenvalue weighted by Crippen LogP contribution is 2.32. The van der Waals surface area contributed by atoms with E-state index >= 15 is 0 Å². The lowest BCUT2D eigenvalue weighted by atomic mass is 10.0. The molecule has 1 amide bonds. The van der Waals surface area contributed by atoms with Crippen LogP contribution in [0.15, 0.2) is 79.1 Å². The highest BCUT2D eigenvalue weighted by molar-refractivity contribution is 6.30. The first-order valence-electron chi connectivity index (χ1n) is 11.2. The van der Waals surface area contributed by atoms with Crippen molar-refractivity contribution in [2.45, 2.75) is 12.8 Å². The van der Waals surface area contributed by atoms with E-state index in [2.05, 4.69) is 15.3 Å². The summed E-state index contributed by atoms with van der Waals surface area (Å²) in [5, 5.41) is 3.51. The Hall–Kier alpha value is -4.10. The fourth-order valence-corrected chi connectivity index (χ4v) is 4.03. The third kappa shape index (κ3) is 5.20. The summed E-state index contributed by atoms with van der Waals surface area (Å²) in [7, 11) is 0. The third-order valence-electron chi connectivity index (χ3n) is 5.57. The van der Waals surface area contributed by atoms with Crippen LogP contribution in [0.1, 0.15) is 22.6 Å². The van der Waals surface area contributed by atoms with Crippen LogP contribution in [0.3, 0.4) is 0 Å². The second-order valence-electron chi connectivity index (χ2n) is 8.04. The molecule has 0 spiro atoms. The summed E-state index contributed by atoms with van der Waals surface area (Å²) >= 11 is 6.24. The molecule has 35 heavy (non-hydrogen) atoms. The number of carbonyl (C=O) groups excluding carboxylic acids is 1. The van der Waals surface area contributed by atoms with Crippen LogP contribution in [-0.2, 0) is 6.42 Å². The number of nitrogens with zero attached hydrogens (tertiary/aromatic N) is 3. The zero-order chi connectivity index (χ0) is 24.2. The van der Waals surface area contributed by atoms with E-state index in [1.165, 1.54) is 12.1 Å². The van der Waals surface area contributed by atoms with Crippen molar-refractivity contribution >= 4 is 28.5 Å². The van der Waals surface area contributed by atoms with Gasteiger partial charge in [0.1, 0.15) is 11.6 Å². The van der Waals surface area contributed by atoms with Gasteiger partial charge in [-0.15, -0.1) is 0 Å². The fraction of sp³-hybridized carbons (Fsp3) is 0.111. The molecule has 0 bridgehead atoms. The van der Waals surface area contributed by atoms with Crippen LogP contribution in [0.25, 0.3) is 33.5 Å². The maximum absolute atomic E-state index is 13.5. The Morgan fingerprint density at radius 1 is 0.943 bits per heavy atom. The lowest BCUT2D eigenvalue weighted by Gasteiger charge is -2.12. The molecule has 0 aliphatic rings. The van der Waals surface area contributed by atoms with Crippen molar-refractivity contribution < 1.29 is 9.18 Å². The zero-order valence-corrected chi connectivity index (χ0v) is 19.4. The van der Waals surface area contributed by atoms with Crippen LogP contribution >= 0.6 is 11.6 Å². The fourth-order valence-electron chi connectivity index (χ4n) is 3.84. The van der Waals surface area contributed by atoms with Crippen molar-refractivity contribution in [2.24, 2.45) is 0 Å². The SMILES string of the molecule is O=C(NCCCc1ncc[nH]1)c1ccc2nc(-c3ccc(F)cc3)c(-c3cccc(Cl)c3)nc2c1. The number of rotatable bonds is 7. The predicted molar refractivity (Wildman–Crippen MR) is 135 cm³/mol. The van der Waals surface area contributed by atoms with Gasteiger partial charge in [-0.25, -0.2) is 19.3 Å². The molecule has 0 radical (unpaired) electrons. The van der Waals surface area contributed by atoms with E-state index in [9.17, 15) is 9.18 Å². The smallest absolute Gasteiger partial charge is 0.251 e. The largest absolute Gasteiger partial charge is 0.352 e. The van der Waals surface area contributed by atoms with E-state index in [1.807, 2.05) is 12.1 Å². The van der Waals surface area contributed by atoms with Gasteiger partial charge < -0.3 is 10.3 Å². The zero-order valence-electron chi connectivity index (χ0n) is 18.6. The van der Waals surface area contributed by atoms with Gasteiger partial charge in [0, 0.05) is 47.1 Å². The first-order chi connectivity index (χ1) is 17.1. The van der Waals surface area contributed by atoms with Gasteiger partial charge in [-0.2, -0.15) is 0 Å². The highest BCUT2D eigenvalue weighted by Gasteiger charge is 2.15. The number of nitrogens with one attached hydrogen (secondary N) is 2. The highest BCUT2D eigenvalue weighted by atomic mass is 35.5. The van der Waals surface area contributed by atoms with E-state index in [-0.39, 0.29) is 11.7 Å². The second-order valence-corrected chi connectivity index (χ2v) is 8.47. The summed E-state index contributed by atoms with van der Waals surface area (Å²) in [4.78, 5) is 29.6. The van der Waals surface area contributed by atoms with Crippen molar-refractivity contribution in [3.8, 4) is 22.5 Å². The molecule has 0 saturated carbocycles. The maximum atomic E-state index is 13.5. The number of aromatic amines is 1. The molecule has 2 heterocycles. The number of halogens is 2. The molecule has 2 aromatic heterocycles. The molecular formula is C27H21ClFN5O. The quantitative estimate of drug-likeness (QED) is 0.283. The molecule has 5 rings (SSSR count). The average molecular weight is 486 g/mol. The van der Waals surface area contributed by atoms with Gasteiger partial charge in [-0.05, 0) is 61.0 Å². The number of hydrogen-bond acceptors (Lipinski definition) is 4. The molecule has 0 saturated heterocycles. The summed E-state index contributed by atoms with van der Waals surface area (Å²) in [6, 6.07) is 18.7. The molecule has 3 aromatic carbocycles. The van der Waals surface area contributed by atoms with Crippen LogP contribution in [-0.4, -0.2) is 32.4 Å². The van der Waals surface area contributed by atoms with Crippen LogP contribution in [0, 0.1) is 5.82 Å². The van der Waals surface area contributed by atoms with Crippen LogP contribution in [0.5, 0.6) is 0 Å². The number of H-pyrrole nitrogens is 1. The average Bonchev–Trinajstić information content (AvgIpc) is 3.39. The summed E-state index contributed by atoms with van der Waals surface area (Å²) in [6.45, 7) is 0.528.